The molecule has 0 saturated carbocycles. The van der Waals surface area contributed by atoms with Crippen LogP contribution in [0.25, 0.3) is 10.2 Å². The van der Waals surface area contributed by atoms with Crippen LogP contribution in [0.1, 0.15) is 35.7 Å². The summed E-state index contributed by atoms with van der Waals surface area (Å²) >= 11 is 1.27. The number of aromatic hydroxyl groups is 1. The van der Waals surface area contributed by atoms with Crippen molar-refractivity contribution in [3.8, 4) is 5.75 Å². The van der Waals surface area contributed by atoms with Crippen LogP contribution in [-0.4, -0.2) is 16.0 Å². The first-order chi connectivity index (χ1) is 11.0. The molecule has 23 heavy (non-hydrogen) atoms. The Morgan fingerprint density at radius 1 is 1.22 bits per heavy atom. The van der Waals surface area contributed by atoms with Crippen molar-refractivity contribution in [1.82, 2.24) is 4.98 Å². The smallest absolute Gasteiger partial charge is 0.265 e. The monoisotopic (exact) mass is 328 g/mol. The van der Waals surface area contributed by atoms with Crippen molar-refractivity contribution < 1.29 is 9.90 Å². The number of amides is 1. The number of carbonyl (C=O) groups excluding carboxylic acids is 1. The number of aromatic amines is 1. The van der Waals surface area contributed by atoms with E-state index in [0.29, 0.717) is 21.8 Å². The largest absolute Gasteiger partial charge is 0.505 e. The Hall–Kier alpha value is -2.60. The van der Waals surface area contributed by atoms with Gasteiger partial charge in [0.2, 0.25) is 0 Å². The van der Waals surface area contributed by atoms with Gasteiger partial charge in [0.05, 0.1) is 10.2 Å². The second kappa shape index (κ2) is 5.89. The molecule has 0 aliphatic heterocycles. The fourth-order valence-corrected chi connectivity index (χ4v) is 3.15. The summed E-state index contributed by atoms with van der Waals surface area (Å²) in [5.74, 6) is -0.515. The zero-order valence-electron chi connectivity index (χ0n) is 12.7. The highest BCUT2D eigenvalue weighted by Crippen LogP contribution is 2.29. The third-order valence-electron chi connectivity index (χ3n) is 3.65. The molecule has 0 aliphatic carbocycles. The Kier molecular flexibility index (Phi) is 3.92. The van der Waals surface area contributed by atoms with E-state index in [1.807, 2.05) is 12.1 Å². The highest BCUT2D eigenvalue weighted by atomic mass is 32.1. The molecule has 2 aromatic heterocycles. The molecule has 0 spiro atoms. The van der Waals surface area contributed by atoms with Gasteiger partial charge in [0.1, 0.15) is 5.56 Å². The van der Waals surface area contributed by atoms with Gasteiger partial charge in [-0.1, -0.05) is 26.0 Å². The van der Waals surface area contributed by atoms with Crippen LogP contribution in [0.3, 0.4) is 0 Å². The van der Waals surface area contributed by atoms with E-state index in [4.69, 9.17) is 0 Å². The predicted molar refractivity (Wildman–Crippen MR) is 92.6 cm³/mol. The Labute approximate surface area is 136 Å². The first-order valence-corrected chi connectivity index (χ1v) is 8.09. The van der Waals surface area contributed by atoms with Crippen LogP contribution >= 0.6 is 11.3 Å². The summed E-state index contributed by atoms with van der Waals surface area (Å²) in [6.45, 7) is 4.17. The van der Waals surface area contributed by atoms with E-state index in [1.54, 1.807) is 23.6 Å². The summed E-state index contributed by atoms with van der Waals surface area (Å²) in [5, 5.41) is 14.6. The van der Waals surface area contributed by atoms with Gasteiger partial charge in [-0.15, -0.1) is 11.3 Å². The third-order valence-corrected chi connectivity index (χ3v) is 4.58. The minimum Gasteiger partial charge on any atom is -0.505 e. The van der Waals surface area contributed by atoms with Gasteiger partial charge in [0.15, 0.2) is 5.75 Å². The molecular formula is C17H16N2O3S. The Balaban J connectivity index is 1.93. The van der Waals surface area contributed by atoms with E-state index in [9.17, 15) is 14.7 Å². The quantitative estimate of drug-likeness (QED) is 0.686. The Morgan fingerprint density at radius 2 is 1.91 bits per heavy atom. The first-order valence-electron chi connectivity index (χ1n) is 7.21. The summed E-state index contributed by atoms with van der Waals surface area (Å²) in [4.78, 5) is 27.0. The van der Waals surface area contributed by atoms with Crippen molar-refractivity contribution in [2.45, 2.75) is 19.8 Å². The molecule has 3 aromatic rings. The zero-order valence-corrected chi connectivity index (χ0v) is 13.5. The van der Waals surface area contributed by atoms with E-state index in [0.717, 1.165) is 5.56 Å². The molecule has 0 unspecified atom stereocenters. The lowest BCUT2D eigenvalue weighted by Gasteiger charge is -2.09. The van der Waals surface area contributed by atoms with Crippen molar-refractivity contribution in [1.29, 1.82) is 0 Å². The van der Waals surface area contributed by atoms with Crippen LogP contribution in [0.4, 0.5) is 5.69 Å². The van der Waals surface area contributed by atoms with Gasteiger partial charge in [-0.2, -0.15) is 0 Å². The van der Waals surface area contributed by atoms with Gasteiger partial charge in [-0.25, -0.2) is 0 Å². The summed E-state index contributed by atoms with van der Waals surface area (Å²) < 4.78 is 0.491. The van der Waals surface area contributed by atoms with Crippen molar-refractivity contribution in [3.05, 3.63) is 57.2 Å². The maximum Gasteiger partial charge on any atom is 0.265 e. The molecule has 0 atom stereocenters. The van der Waals surface area contributed by atoms with Crippen molar-refractivity contribution in [2.75, 3.05) is 5.32 Å². The van der Waals surface area contributed by atoms with Gasteiger partial charge in [-0.3, -0.25) is 9.59 Å². The van der Waals surface area contributed by atoms with Crippen molar-refractivity contribution >= 4 is 33.1 Å². The average molecular weight is 328 g/mol. The molecule has 1 aromatic carbocycles. The number of H-pyrrole nitrogens is 1. The number of thiophene rings is 1. The van der Waals surface area contributed by atoms with Gasteiger partial charge < -0.3 is 15.4 Å². The summed E-state index contributed by atoms with van der Waals surface area (Å²) in [5.41, 5.74) is 1.38. The van der Waals surface area contributed by atoms with Crippen LogP contribution in [0.15, 0.2) is 40.5 Å². The topological polar surface area (TPSA) is 82.2 Å². The fourth-order valence-electron chi connectivity index (χ4n) is 2.35. The molecular weight excluding hydrogens is 312 g/mol. The lowest BCUT2D eigenvalue weighted by Crippen LogP contribution is -2.23. The van der Waals surface area contributed by atoms with Gasteiger partial charge in [-0.05, 0) is 35.1 Å². The lowest BCUT2D eigenvalue weighted by atomic mass is 10.0. The van der Waals surface area contributed by atoms with Crippen LogP contribution in [-0.2, 0) is 0 Å². The maximum absolute atomic E-state index is 12.4. The highest BCUT2D eigenvalue weighted by molar-refractivity contribution is 7.17. The molecule has 0 saturated heterocycles. The molecule has 2 heterocycles. The molecule has 1 amide bonds. The number of aromatic nitrogens is 1. The van der Waals surface area contributed by atoms with Crippen LogP contribution < -0.4 is 10.9 Å². The van der Waals surface area contributed by atoms with Crippen LogP contribution in [0.5, 0.6) is 5.75 Å². The molecule has 118 valence electrons. The van der Waals surface area contributed by atoms with Crippen molar-refractivity contribution in [3.63, 3.8) is 0 Å². The summed E-state index contributed by atoms with van der Waals surface area (Å²) in [6.07, 6.45) is 0. The number of pyridine rings is 1. The SMILES string of the molecule is CC(C)c1ccc(NC(=O)c2c(O)c3sccc3[nH]c2=O)cc1. The minimum atomic E-state index is -0.628. The molecule has 3 N–H and O–H groups in total. The van der Waals surface area contributed by atoms with E-state index in [-0.39, 0.29) is 11.3 Å². The van der Waals surface area contributed by atoms with Gasteiger partial charge >= 0.3 is 0 Å². The lowest BCUT2D eigenvalue weighted by molar-refractivity contribution is 0.102. The molecule has 6 heteroatoms. The molecule has 0 bridgehead atoms. The highest BCUT2D eigenvalue weighted by Gasteiger charge is 2.20. The number of hydrogen-bond acceptors (Lipinski definition) is 4. The van der Waals surface area contributed by atoms with E-state index < -0.39 is 11.5 Å². The third kappa shape index (κ3) is 2.85. The number of benzene rings is 1. The standard InChI is InChI=1S/C17H16N2O3S/c1-9(2)10-3-5-11(6-4-10)18-16(21)13-14(20)15-12(7-8-23-15)19-17(13)22/h3-9H,1-2H3,(H,18,21)(H2,19,20,22). The maximum atomic E-state index is 12.4. The number of hydrogen-bond donors (Lipinski definition) is 3. The van der Waals surface area contributed by atoms with Crippen molar-refractivity contribution in [2.24, 2.45) is 0 Å². The molecule has 0 aliphatic rings. The van der Waals surface area contributed by atoms with E-state index >= 15 is 0 Å². The van der Waals surface area contributed by atoms with Crippen LogP contribution in [0, 0.1) is 0 Å². The number of rotatable bonds is 3. The Bertz CT molecular complexity index is 923. The number of fused-ring (bicyclic) bond motifs is 1. The molecule has 0 fully saturated rings. The minimum absolute atomic E-state index is 0.270. The van der Waals surface area contributed by atoms with Crippen LogP contribution in [0.2, 0.25) is 0 Å². The number of anilines is 1. The second-order valence-corrected chi connectivity index (χ2v) is 6.49. The predicted octanol–water partition coefficient (Wildman–Crippen LogP) is 3.67. The fraction of sp³-hybridized carbons (Fsp3) is 0.176. The second-order valence-electron chi connectivity index (χ2n) is 5.57. The Morgan fingerprint density at radius 3 is 2.57 bits per heavy atom. The molecule has 5 nitrogen and oxygen atoms in total. The first kappa shape index (κ1) is 15.3. The summed E-state index contributed by atoms with van der Waals surface area (Å²) in [6, 6.07) is 9.09. The molecule has 3 rings (SSSR count). The number of carbonyl (C=O) groups is 1. The zero-order chi connectivity index (χ0) is 16.6. The summed E-state index contributed by atoms with van der Waals surface area (Å²) in [7, 11) is 0. The number of nitrogens with one attached hydrogen (secondary N) is 2. The van der Waals surface area contributed by atoms with E-state index in [1.165, 1.54) is 11.3 Å². The van der Waals surface area contributed by atoms with Gasteiger partial charge in [0.25, 0.3) is 11.5 Å². The normalized spacial score (nSPS) is 11.1. The van der Waals surface area contributed by atoms with E-state index in [2.05, 4.69) is 24.1 Å². The molecule has 0 radical (unpaired) electrons. The van der Waals surface area contributed by atoms with Gasteiger partial charge in [0, 0.05) is 5.69 Å². The average Bonchev–Trinajstić information content (AvgIpc) is 2.96.